The van der Waals surface area contributed by atoms with Crippen LogP contribution in [0.3, 0.4) is 0 Å². The lowest BCUT2D eigenvalue weighted by Gasteiger charge is -2.21. The minimum atomic E-state index is 0.101. The smallest absolute Gasteiger partial charge is 0.239 e. The standard InChI is InChI=1S/C11H19N3O2/c1-3-14(7-8-15)10-6-5-9(12)11(13-10)16-4-2/h5-6,15H,3-4,7-8,12H2,1-2H3. The molecule has 0 atom stereocenters. The van der Waals surface area contributed by atoms with Crippen molar-refractivity contribution in [3.8, 4) is 5.88 Å². The number of nitrogens with two attached hydrogens (primary N) is 1. The van der Waals surface area contributed by atoms with Crippen LogP contribution >= 0.6 is 0 Å². The quantitative estimate of drug-likeness (QED) is 0.752. The number of hydrogen-bond acceptors (Lipinski definition) is 5. The topological polar surface area (TPSA) is 71.6 Å². The molecule has 3 N–H and O–H groups in total. The van der Waals surface area contributed by atoms with Crippen molar-refractivity contribution in [3.05, 3.63) is 12.1 Å². The van der Waals surface area contributed by atoms with Crippen LogP contribution in [0.15, 0.2) is 12.1 Å². The highest BCUT2D eigenvalue weighted by atomic mass is 16.5. The molecule has 5 nitrogen and oxygen atoms in total. The number of rotatable bonds is 6. The highest BCUT2D eigenvalue weighted by Gasteiger charge is 2.08. The Labute approximate surface area is 95.8 Å². The van der Waals surface area contributed by atoms with E-state index in [2.05, 4.69) is 4.98 Å². The number of hydrogen-bond donors (Lipinski definition) is 2. The summed E-state index contributed by atoms with van der Waals surface area (Å²) in [5.74, 6) is 1.23. The largest absolute Gasteiger partial charge is 0.476 e. The SMILES string of the molecule is CCOc1nc(N(CC)CCO)ccc1N. The molecule has 0 radical (unpaired) electrons. The predicted molar refractivity (Wildman–Crippen MR) is 64.8 cm³/mol. The number of nitrogen functional groups attached to an aromatic ring is 1. The van der Waals surface area contributed by atoms with Crippen molar-refractivity contribution >= 4 is 11.5 Å². The maximum atomic E-state index is 8.93. The zero-order valence-electron chi connectivity index (χ0n) is 9.81. The van der Waals surface area contributed by atoms with E-state index in [1.807, 2.05) is 24.8 Å². The van der Waals surface area contributed by atoms with Gasteiger partial charge >= 0.3 is 0 Å². The van der Waals surface area contributed by atoms with E-state index in [0.717, 1.165) is 12.4 Å². The Hall–Kier alpha value is -1.49. The van der Waals surface area contributed by atoms with Gasteiger partial charge in [-0.2, -0.15) is 4.98 Å². The minimum Gasteiger partial charge on any atom is -0.476 e. The van der Waals surface area contributed by atoms with E-state index in [1.54, 1.807) is 6.07 Å². The maximum Gasteiger partial charge on any atom is 0.239 e. The Morgan fingerprint density at radius 2 is 2.19 bits per heavy atom. The molecule has 1 aromatic heterocycles. The molecule has 0 unspecified atom stereocenters. The average molecular weight is 225 g/mol. The summed E-state index contributed by atoms with van der Waals surface area (Å²) < 4.78 is 5.32. The first kappa shape index (κ1) is 12.6. The van der Waals surface area contributed by atoms with Crippen LogP contribution < -0.4 is 15.4 Å². The van der Waals surface area contributed by atoms with Crippen LogP contribution in [0.1, 0.15) is 13.8 Å². The fourth-order valence-electron chi connectivity index (χ4n) is 1.43. The summed E-state index contributed by atoms with van der Waals surface area (Å²) in [5.41, 5.74) is 6.27. The summed E-state index contributed by atoms with van der Waals surface area (Å²) in [5, 5.41) is 8.93. The van der Waals surface area contributed by atoms with Gasteiger partial charge in [0, 0.05) is 13.1 Å². The van der Waals surface area contributed by atoms with Gasteiger partial charge in [-0.15, -0.1) is 0 Å². The van der Waals surface area contributed by atoms with E-state index in [4.69, 9.17) is 15.6 Å². The molecule has 0 aromatic carbocycles. The maximum absolute atomic E-state index is 8.93. The summed E-state index contributed by atoms with van der Waals surface area (Å²) in [6.45, 7) is 5.87. The Morgan fingerprint density at radius 1 is 1.44 bits per heavy atom. The van der Waals surface area contributed by atoms with Crippen molar-refractivity contribution < 1.29 is 9.84 Å². The van der Waals surface area contributed by atoms with Crippen molar-refractivity contribution in [3.63, 3.8) is 0 Å². The highest BCUT2D eigenvalue weighted by Crippen LogP contribution is 2.22. The molecule has 0 aliphatic carbocycles. The molecule has 0 amide bonds. The second kappa shape index (κ2) is 6.17. The van der Waals surface area contributed by atoms with Crippen molar-refractivity contribution in [2.45, 2.75) is 13.8 Å². The van der Waals surface area contributed by atoms with E-state index < -0.39 is 0 Å². The molecule has 1 heterocycles. The first-order valence-electron chi connectivity index (χ1n) is 5.48. The molecule has 0 aliphatic rings. The zero-order valence-corrected chi connectivity index (χ0v) is 9.81. The molecule has 0 spiro atoms. The molecule has 0 bridgehead atoms. The lowest BCUT2D eigenvalue weighted by Crippen LogP contribution is -2.27. The Balaban J connectivity index is 2.91. The summed E-state index contributed by atoms with van der Waals surface area (Å²) in [4.78, 5) is 6.28. The van der Waals surface area contributed by atoms with Gasteiger partial charge in [0.2, 0.25) is 5.88 Å². The third-order valence-corrected chi connectivity index (χ3v) is 2.23. The molecule has 0 fully saturated rings. The van der Waals surface area contributed by atoms with Gasteiger partial charge in [-0.05, 0) is 26.0 Å². The van der Waals surface area contributed by atoms with Crippen molar-refractivity contribution in [2.75, 3.05) is 36.9 Å². The van der Waals surface area contributed by atoms with Crippen molar-refractivity contribution in [2.24, 2.45) is 0 Å². The molecule has 0 saturated carbocycles. The summed E-state index contributed by atoms with van der Waals surface area (Å²) in [6, 6.07) is 3.60. The van der Waals surface area contributed by atoms with Crippen LogP contribution in [-0.2, 0) is 0 Å². The predicted octanol–water partition coefficient (Wildman–Crippen LogP) is 0.881. The third kappa shape index (κ3) is 3.00. The molecule has 5 heteroatoms. The molecule has 1 aromatic rings. The average Bonchev–Trinajstić information content (AvgIpc) is 2.29. The van der Waals surface area contributed by atoms with Gasteiger partial charge < -0.3 is 20.5 Å². The van der Waals surface area contributed by atoms with Crippen molar-refractivity contribution in [1.82, 2.24) is 4.98 Å². The van der Waals surface area contributed by atoms with Gasteiger partial charge in [0.05, 0.1) is 18.9 Å². The Morgan fingerprint density at radius 3 is 2.75 bits per heavy atom. The number of nitrogens with zero attached hydrogens (tertiary/aromatic N) is 2. The molecular formula is C11H19N3O2. The number of anilines is 2. The number of likely N-dealkylation sites (N-methyl/N-ethyl adjacent to an activating group) is 1. The number of aliphatic hydroxyl groups is 1. The normalized spacial score (nSPS) is 10.2. The highest BCUT2D eigenvalue weighted by molar-refractivity contribution is 5.54. The van der Waals surface area contributed by atoms with Crippen LogP contribution in [-0.4, -0.2) is 36.4 Å². The van der Waals surface area contributed by atoms with E-state index in [0.29, 0.717) is 24.7 Å². The van der Waals surface area contributed by atoms with Gasteiger partial charge in [0.1, 0.15) is 5.82 Å². The lowest BCUT2D eigenvalue weighted by molar-refractivity contribution is 0.301. The van der Waals surface area contributed by atoms with Gasteiger partial charge in [0.15, 0.2) is 0 Å². The number of aromatic nitrogens is 1. The number of pyridine rings is 1. The first-order valence-corrected chi connectivity index (χ1v) is 5.48. The molecule has 1 rings (SSSR count). The van der Waals surface area contributed by atoms with Crippen LogP contribution in [0.25, 0.3) is 0 Å². The van der Waals surface area contributed by atoms with E-state index in [1.165, 1.54) is 0 Å². The van der Waals surface area contributed by atoms with Gasteiger partial charge in [-0.3, -0.25) is 0 Å². The summed E-state index contributed by atoms with van der Waals surface area (Å²) in [7, 11) is 0. The Kier molecular flexibility index (Phi) is 4.85. The lowest BCUT2D eigenvalue weighted by atomic mass is 10.3. The number of ether oxygens (including phenoxy) is 1. The van der Waals surface area contributed by atoms with Crippen molar-refractivity contribution in [1.29, 1.82) is 0 Å². The van der Waals surface area contributed by atoms with Gasteiger partial charge in [0.25, 0.3) is 0 Å². The van der Waals surface area contributed by atoms with Crippen LogP contribution in [0.5, 0.6) is 5.88 Å². The zero-order chi connectivity index (χ0) is 12.0. The van der Waals surface area contributed by atoms with Crippen LogP contribution in [0, 0.1) is 0 Å². The first-order chi connectivity index (χ1) is 7.72. The fourth-order valence-corrected chi connectivity index (χ4v) is 1.43. The van der Waals surface area contributed by atoms with E-state index >= 15 is 0 Å². The molecule has 90 valence electrons. The van der Waals surface area contributed by atoms with E-state index in [9.17, 15) is 0 Å². The molecule has 0 saturated heterocycles. The summed E-state index contributed by atoms with van der Waals surface area (Å²) >= 11 is 0. The molecule has 16 heavy (non-hydrogen) atoms. The monoisotopic (exact) mass is 225 g/mol. The van der Waals surface area contributed by atoms with Gasteiger partial charge in [-0.1, -0.05) is 0 Å². The van der Waals surface area contributed by atoms with Crippen LogP contribution in [0.4, 0.5) is 11.5 Å². The summed E-state index contributed by atoms with van der Waals surface area (Å²) in [6.07, 6.45) is 0. The van der Waals surface area contributed by atoms with Crippen LogP contribution in [0.2, 0.25) is 0 Å². The fraction of sp³-hybridized carbons (Fsp3) is 0.545. The Bertz CT molecular complexity index is 331. The van der Waals surface area contributed by atoms with E-state index in [-0.39, 0.29) is 6.61 Å². The number of aliphatic hydroxyl groups excluding tert-OH is 1. The minimum absolute atomic E-state index is 0.101. The second-order valence-electron chi connectivity index (χ2n) is 3.30. The third-order valence-electron chi connectivity index (χ3n) is 2.23. The second-order valence-corrected chi connectivity index (χ2v) is 3.30. The molecule has 0 aliphatic heterocycles. The van der Waals surface area contributed by atoms with Gasteiger partial charge in [-0.25, -0.2) is 0 Å². The molecular weight excluding hydrogens is 206 g/mol.